The molecule has 0 saturated carbocycles. The molecule has 5 heteroatoms. The fourth-order valence-corrected chi connectivity index (χ4v) is 2.22. The zero-order valence-electron chi connectivity index (χ0n) is 11.2. The number of aromatic nitrogens is 2. The molecule has 19 heavy (non-hydrogen) atoms. The third-order valence-corrected chi connectivity index (χ3v) is 3.54. The van der Waals surface area contributed by atoms with Gasteiger partial charge in [0.1, 0.15) is 0 Å². The topological polar surface area (TPSA) is 59.2 Å². The van der Waals surface area contributed by atoms with E-state index in [1.165, 1.54) is 0 Å². The van der Waals surface area contributed by atoms with Gasteiger partial charge in [-0.2, -0.15) is 4.98 Å². The summed E-state index contributed by atoms with van der Waals surface area (Å²) in [5, 5.41) is 13.8. The summed E-state index contributed by atoms with van der Waals surface area (Å²) in [4.78, 5) is 4.34. The van der Waals surface area contributed by atoms with Crippen LogP contribution in [0.2, 0.25) is 0 Å². The Kier molecular flexibility index (Phi) is 4.37. The van der Waals surface area contributed by atoms with Crippen LogP contribution in [0.25, 0.3) is 11.4 Å². The monoisotopic (exact) mass is 324 g/mol. The molecular formula is C14H17BrN2O2. The second kappa shape index (κ2) is 5.84. The molecule has 0 spiro atoms. The first-order valence-electron chi connectivity index (χ1n) is 6.24. The Labute approximate surface area is 121 Å². The van der Waals surface area contributed by atoms with Crippen LogP contribution in [0.3, 0.4) is 0 Å². The normalized spacial score (nSPS) is 12.9. The molecule has 0 radical (unpaired) electrons. The van der Waals surface area contributed by atoms with Crippen LogP contribution in [0.5, 0.6) is 0 Å². The van der Waals surface area contributed by atoms with E-state index < -0.39 is 6.10 Å². The van der Waals surface area contributed by atoms with E-state index in [-0.39, 0.29) is 5.92 Å². The van der Waals surface area contributed by atoms with E-state index in [1.807, 2.05) is 39.0 Å². The summed E-state index contributed by atoms with van der Waals surface area (Å²) in [6.45, 7) is 5.92. The summed E-state index contributed by atoms with van der Waals surface area (Å²) >= 11 is 3.43. The van der Waals surface area contributed by atoms with Crippen LogP contribution in [0.4, 0.5) is 0 Å². The number of hydrogen-bond donors (Lipinski definition) is 1. The van der Waals surface area contributed by atoms with Crippen LogP contribution in [0.15, 0.2) is 27.2 Å². The molecule has 0 aliphatic carbocycles. The average molecular weight is 325 g/mol. The van der Waals surface area contributed by atoms with Gasteiger partial charge >= 0.3 is 0 Å². The Balaban J connectivity index is 2.21. The van der Waals surface area contributed by atoms with E-state index in [9.17, 15) is 5.11 Å². The highest BCUT2D eigenvalue weighted by Crippen LogP contribution is 2.24. The van der Waals surface area contributed by atoms with Gasteiger partial charge in [0.2, 0.25) is 11.7 Å². The number of benzene rings is 1. The molecular weight excluding hydrogens is 308 g/mol. The maximum absolute atomic E-state index is 9.82. The van der Waals surface area contributed by atoms with Gasteiger partial charge in [0, 0.05) is 10.0 Å². The lowest BCUT2D eigenvalue weighted by atomic mass is 10.0. The molecule has 1 heterocycles. The van der Waals surface area contributed by atoms with Gasteiger partial charge in [-0.15, -0.1) is 0 Å². The molecule has 102 valence electrons. The second-order valence-corrected chi connectivity index (χ2v) is 5.90. The van der Waals surface area contributed by atoms with Crippen LogP contribution in [-0.2, 0) is 6.42 Å². The predicted molar refractivity (Wildman–Crippen MR) is 76.7 cm³/mol. The quantitative estimate of drug-likeness (QED) is 0.936. The standard InChI is InChI=1S/C14H17BrN2O2/c1-8(2)12(18)7-13-16-14(17-19-13)11-5-4-10(15)6-9(11)3/h4-6,8,12,18H,7H2,1-3H3. The predicted octanol–water partition coefficient (Wildman–Crippen LogP) is 3.37. The minimum Gasteiger partial charge on any atom is -0.392 e. The van der Waals surface area contributed by atoms with Crippen molar-refractivity contribution in [2.24, 2.45) is 5.92 Å². The van der Waals surface area contributed by atoms with Crippen LogP contribution in [0, 0.1) is 12.8 Å². The molecule has 1 aromatic heterocycles. The molecule has 0 aliphatic heterocycles. The largest absolute Gasteiger partial charge is 0.392 e. The fourth-order valence-electron chi connectivity index (χ4n) is 1.74. The van der Waals surface area contributed by atoms with Crippen molar-refractivity contribution in [1.29, 1.82) is 0 Å². The van der Waals surface area contributed by atoms with Gasteiger partial charge in [0.25, 0.3) is 0 Å². The van der Waals surface area contributed by atoms with Crippen molar-refractivity contribution in [2.75, 3.05) is 0 Å². The zero-order chi connectivity index (χ0) is 14.0. The molecule has 0 aliphatic rings. The van der Waals surface area contributed by atoms with E-state index in [0.29, 0.717) is 18.1 Å². The Morgan fingerprint density at radius 1 is 1.37 bits per heavy atom. The summed E-state index contributed by atoms with van der Waals surface area (Å²) in [6, 6.07) is 5.91. The number of aliphatic hydroxyl groups is 1. The van der Waals surface area contributed by atoms with Crippen molar-refractivity contribution in [2.45, 2.75) is 33.3 Å². The van der Waals surface area contributed by atoms with Gasteiger partial charge < -0.3 is 9.63 Å². The van der Waals surface area contributed by atoms with Crippen molar-refractivity contribution in [1.82, 2.24) is 10.1 Å². The van der Waals surface area contributed by atoms with Gasteiger partial charge in [-0.05, 0) is 36.6 Å². The lowest BCUT2D eigenvalue weighted by molar-refractivity contribution is 0.116. The smallest absolute Gasteiger partial charge is 0.229 e. The number of hydrogen-bond acceptors (Lipinski definition) is 4. The zero-order valence-corrected chi connectivity index (χ0v) is 12.8. The molecule has 1 unspecified atom stereocenters. The van der Waals surface area contributed by atoms with Crippen LogP contribution in [-0.4, -0.2) is 21.4 Å². The lowest BCUT2D eigenvalue weighted by Gasteiger charge is -2.10. The first-order chi connectivity index (χ1) is 8.97. The second-order valence-electron chi connectivity index (χ2n) is 4.99. The molecule has 0 saturated heterocycles. The third-order valence-electron chi connectivity index (χ3n) is 3.05. The highest BCUT2D eigenvalue weighted by molar-refractivity contribution is 9.10. The number of rotatable bonds is 4. The summed E-state index contributed by atoms with van der Waals surface area (Å²) in [5.41, 5.74) is 2.02. The number of aliphatic hydroxyl groups excluding tert-OH is 1. The fraction of sp³-hybridized carbons (Fsp3) is 0.429. The molecule has 0 bridgehead atoms. The van der Waals surface area contributed by atoms with Crippen molar-refractivity contribution < 1.29 is 9.63 Å². The van der Waals surface area contributed by atoms with E-state index in [0.717, 1.165) is 15.6 Å². The third kappa shape index (κ3) is 3.42. The number of halogens is 1. The van der Waals surface area contributed by atoms with Gasteiger partial charge in [-0.25, -0.2) is 0 Å². The first-order valence-corrected chi connectivity index (χ1v) is 7.04. The minimum atomic E-state index is -0.459. The number of nitrogens with zero attached hydrogens (tertiary/aromatic N) is 2. The molecule has 0 fully saturated rings. The highest BCUT2D eigenvalue weighted by atomic mass is 79.9. The SMILES string of the molecule is Cc1cc(Br)ccc1-c1noc(CC(O)C(C)C)n1. The molecule has 1 N–H and O–H groups in total. The maximum Gasteiger partial charge on any atom is 0.229 e. The summed E-state index contributed by atoms with van der Waals surface area (Å²) in [7, 11) is 0. The molecule has 1 atom stereocenters. The minimum absolute atomic E-state index is 0.171. The van der Waals surface area contributed by atoms with Gasteiger partial charge in [0.05, 0.1) is 12.5 Å². The number of aryl methyl sites for hydroxylation is 1. The van der Waals surface area contributed by atoms with E-state index in [2.05, 4.69) is 26.1 Å². The Morgan fingerprint density at radius 3 is 2.74 bits per heavy atom. The molecule has 1 aromatic carbocycles. The van der Waals surface area contributed by atoms with E-state index in [1.54, 1.807) is 0 Å². The molecule has 2 rings (SSSR count). The summed E-state index contributed by atoms with van der Waals surface area (Å²) in [6.07, 6.45) is -0.0698. The van der Waals surface area contributed by atoms with Gasteiger partial charge in [-0.1, -0.05) is 34.9 Å². The summed E-state index contributed by atoms with van der Waals surface area (Å²) in [5.74, 6) is 1.21. The first kappa shape index (κ1) is 14.2. The van der Waals surface area contributed by atoms with Crippen LogP contribution < -0.4 is 0 Å². The Hall–Kier alpha value is -1.20. The van der Waals surface area contributed by atoms with Gasteiger partial charge in [0.15, 0.2) is 0 Å². The van der Waals surface area contributed by atoms with Gasteiger partial charge in [-0.3, -0.25) is 0 Å². The van der Waals surface area contributed by atoms with Crippen LogP contribution >= 0.6 is 15.9 Å². The summed E-state index contributed by atoms with van der Waals surface area (Å²) < 4.78 is 6.21. The Bertz CT molecular complexity index is 566. The Morgan fingerprint density at radius 2 is 2.11 bits per heavy atom. The average Bonchev–Trinajstić information content (AvgIpc) is 2.77. The van der Waals surface area contributed by atoms with Crippen LogP contribution in [0.1, 0.15) is 25.3 Å². The van der Waals surface area contributed by atoms with Crippen molar-refractivity contribution in [3.05, 3.63) is 34.1 Å². The molecule has 2 aromatic rings. The van der Waals surface area contributed by atoms with Crippen molar-refractivity contribution in [3.8, 4) is 11.4 Å². The molecule has 0 amide bonds. The van der Waals surface area contributed by atoms with Crippen molar-refractivity contribution in [3.63, 3.8) is 0 Å². The maximum atomic E-state index is 9.82. The highest BCUT2D eigenvalue weighted by Gasteiger charge is 2.16. The molecule has 4 nitrogen and oxygen atoms in total. The van der Waals surface area contributed by atoms with E-state index in [4.69, 9.17) is 4.52 Å². The lowest BCUT2D eigenvalue weighted by Crippen LogP contribution is -2.17. The van der Waals surface area contributed by atoms with Crippen molar-refractivity contribution >= 4 is 15.9 Å². The van der Waals surface area contributed by atoms with E-state index >= 15 is 0 Å².